The van der Waals surface area contributed by atoms with Crippen molar-refractivity contribution in [1.82, 2.24) is 0 Å². The molecule has 1 amide bonds. The number of para-hydroxylation sites is 1. The molecule has 25 heavy (non-hydrogen) atoms. The van der Waals surface area contributed by atoms with Crippen LogP contribution >= 0.6 is 11.6 Å². The van der Waals surface area contributed by atoms with Gasteiger partial charge in [-0.25, -0.2) is 0 Å². The molecule has 0 saturated carbocycles. The van der Waals surface area contributed by atoms with Crippen LogP contribution in [0.2, 0.25) is 5.02 Å². The first kappa shape index (κ1) is 18.4. The number of nitriles is 1. The molecule has 0 fully saturated rings. The first-order valence-corrected chi connectivity index (χ1v) is 7.91. The Labute approximate surface area is 151 Å². The molecule has 0 aliphatic heterocycles. The lowest BCUT2D eigenvalue weighted by molar-refractivity contribution is -0.115. The highest BCUT2D eigenvalue weighted by molar-refractivity contribution is 6.32. The molecule has 2 aromatic rings. The molecule has 130 valence electrons. The second kappa shape index (κ2) is 8.81. The van der Waals surface area contributed by atoms with E-state index in [1.165, 1.54) is 14.2 Å². The number of carbonyl (C=O) groups is 1. The maximum absolute atomic E-state index is 12.1. The Morgan fingerprint density at radius 3 is 2.56 bits per heavy atom. The number of amides is 1. The van der Waals surface area contributed by atoms with Crippen molar-refractivity contribution in [2.45, 2.75) is 6.42 Å². The Morgan fingerprint density at radius 1 is 1.16 bits per heavy atom. The quantitative estimate of drug-likeness (QED) is 0.788. The van der Waals surface area contributed by atoms with Crippen molar-refractivity contribution in [3.8, 4) is 17.6 Å². The minimum absolute atomic E-state index is 0.199. The first-order chi connectivity index (χ1) is 12.1. The van der Waals surface area contributed by atoms with Crippen molar-refractivity contribution >= 4 is 28.9 Å². The van der Waals surface area contributed by atoms with E-state index < -0.39 is 0 Å². The molecule has 0 aliphatic carbocycles. The number of anilines is 2. The van der Waals surface area contributed by atoms with Gasteiger partial charge in [-0.05, 0) is 12.1 Å². The molecule has 0 bridgehead atoms. The van der Waals surface area contributed by atoms with E-state index in [9.17, 15) is 4.79 Å². The fraction of sp³-hybridized carbons (Fsp3) is 0.222. The average molecular weight is 360 g/mol. The maximum Gasteiger partial charge on any atom is 0.226 e. The van der Waals surface area contributed by atoms with E-state index >= 15 is 0 Å². The maximum atomic E-state index is 12.1. The van der Waals surface area contributed by atoms with Crippen molar-refractivity contribution in [3.63, 3.8) is 0 Å². The third-order valence-electron chi connectivity index (χ3n) is 3.46. The zero-order valence-electron chi connectivity index (χ0n) is 13.9. The predicted octanol–water partition coefficient (Wildman–Crippen LogP) is 3.67. The predicted molar refractivity (Wildman–Crippen MR) is 97.4 cm³/mol. The Kier molecular flexibility index (Phi) is 6.49. The van der Waals surface area contributed by atoms with Crippen LogP contribution in [0.3, 0.4) is 0 Å². The van der Waals surface area contributed by atoms with Gasteiger partial charge in [0.2, 0.25) is 5.91 Å². The standard InChI is InChI=1S/C18H18ClN3O3/c1-24-16-10-15(17(25-2)9-13(16)19)21-8-7-18(23)22-14-6-4-3-5-12(14)11-20/h3-6,9-10,21H,7-8H2,1-2H3,(H,22,23). The lowest BCUT2D eigenvalue weighted by Crippen LogP contribution is -2.17. The summed E-state index contributed by atoms with van der Waals surface area (Å²) in [4.78, 5) is 12.1. The summed E-state index contributed by atoms with van der Waals surface area (Å²) in [6.07, 6.45) is 0.216. The number of halogens is 1. The van der Waals surface area contributed by atoms with Crippen LogP contribution in [0, 0.1) is 11.3 Å². The minimum atomic E-state index is -0.199. The lowest BCUT2D eigenvalue weighted by atomic mass is 10.2. The zero-order chi connectivity index (χ0) is 18.2. The van der Waals surface area contributed by atoms with E-state index in [4.69, 9.17) is 26.3 Å². The summed E-state index contributed by atoms with van der Waals surface area (Å²) in [5.74, 6) is 0.869. The van der Waals surface area contributed by atoms with Gasteiger partial charge >= 0.3 is 0 Å². The SMILES string of the molecule is COc1cc(NCCC(=O)Nc2ccccc2C#N)c(OC)cc1Cl. The minimum Gasteiger partial charge on any atom is -0.495 e. The molecule has 2 aromatic carbocycles. The second-order valence-electron chi connectivity index (χ2n) is 5.07. The van der Waals surface area contributed by atoms with Gasteiger partial charge in [-0.3, -0.25) is 4.79 Å². The molecule has 0 unspecified atom stereocenters. The Hall–Kier alpha value is -2.91. The number of benzene rings is 2. The Balaban J connectivity index is 1.96. The highest BCUT2D eigenvalue weighted by atomic mass is 35.5. The van der Waals surface area contributed by atoms with E-state index in [2.05, 4.69) is 10.6 Å². The van der Waals surface area contributed by atoms with Crippen molar-refractivity contribution in [2.75, 3.05) is 31.4 Å². The summed E-state index contributed by atoms with van der Waals surface area (Å²) in [6.45, 7) is 0.377. The number of ether oxygens (including phenoxy) is 2. The van der Waals surface area contributed by atoms with E-state index in [0.717, 1.165) is 0 Å². The smallest absolute Gasteiger partial charge is 0.226 e. The molecule has 0 atom stereocenters. The average Bonchev–Trinajstić information content (AvgIpc) is 2.62. The monoisotopic (exact) mass is 359 g/mol. The third kappa shape index (κ3) is 4.78. The molecule has 0 saturated heterocycles. The third-order valence-corrected chi connectivity index (χ3v) is 3.76. The second-order valence-corrected chi connectivity index (χ2v) is 5.48. The molecule has 0 aliphatic rings. The van der Waals surface area contributed by atoms with Crippen LogP contribution in [0.25, 0.3) is 0 Å². The Bertz CT molecular complexity index is 803. The molecule has 0 radical (unpaired) electrons. The summed E-state index contributed by atoms with van der Waals surface area (Å²) in [7, 11) is 3.06. The van der Waals surface area contributed by atoms with E-state index in [0.29, 0.717) is 40.0 Å². The van der Waals surface area contributed by atoms with Gasteiger partial charge in [0.05, 0.1) is 36.2 Å². The summed E-state index contributed by atoms with van der Waals surface area (Å²) in [5.41, 5.74) is 1.60. The van der Waals surface area contributed by atoms with Crippen LogP contribution in [0.15, 0.2) is 36.4 Å². The molecular weight excluding hydrogens is 342 g/mol. The molecular formula is C18H18ClN3O3. The van der Waals surface area contributed by atoms with E-state index in [-0.39, 0.29) is 12.3 Å². The van der Waals surface area contributed by atoms with Crippen LogP contribution < -0.4 is 20.1 Å². The van der Waals surface area contributed by atoms with Crippen LogP contribution in [0.1, 0.15) is 12.0 Å². The fourth-order valence-electron chi connectivity index (χ4n) is 2.21. The highest BCUT2D eigenvalue weighted by Crippen LogP contribution is 2.35. The van der Waals surface area contributed by atoms with Crippen molar-refractivity contribution in [3.05, 3.63) is 47.0 Å². The van der Waals surface area contributed by atoms with Crippen LogP contribution in [-0.2, 0) is 4.79 Å². The number of nitrogens with zero attached hydrogens (tertiary/aromatic N) is 1. The highest BCUT2D eigenvalue weighted by Gasteiger charge is 2.11. The number of rotatable bonds is 7. The van der Waals surface area contributed by atoms with Gasteiger partial charge < -0.3 is 20.1 Å². The number of hydrogen-bond acceptors (Lipinski definition) is 5. The summed E-state index contributed by atoms with van der Waals surface area (Å²) in [5, 5.41) is 15.3. The van der Waals surface area contributed by atoms with Crippen LogP contribution in [-0.4, -0.2) is 26.7 Å². The summed E-state index contributed by atoms with van der Waals surface area (Å²) < 4.78 is 10.4. The van der Waals surface area contributed by atoms with E-state index in [1.54, 1.807) is 36.4 Å². The summed E-state index contributed by atoms with van der Waals surface area (Å²) >= 11 is 6.06. The molecule has 2 rings (SSSR count). The van der Waals surface area contributed by atoms with E-state index in [1.807, 2.05) is 6.07 Å². The van der Waals surface area contributed by atoms with Crippen LogP contribution in [0.5, 0.6) is 11.5 Å². The van der Waals surface area contributed by atoms with Gasteiger partial charge in [0.15, 0.2) is 0 Å². The van der Waals surface area contributed by atoms with Gasteiger partial charge in [-0.2, -0.15) is 5.26 Å². The molecule has 6 nitrogen and oxygen atoms in total. The molecule has 0 aromatic heterocycles. The normalized spacial score (nSPS) is 9.84. The zero-order valence-corrected chi connectivity index (χ0v) is 14.7. The number of carbonyl (C=O) groups excluding carboxylic acids is 1. The van der Waals surface area contributed by atoms with Crippen molar-refractivity contribution < 1.29 is 14.3 Å². The molecule has 0 heterocycles. The fourth-order valence-corrected chi connectivity index (χ4v) is 2.44. The molecule has 0 spiro atoms. The first-order valence-electron chi connectivity index (χ1n) is 7.53. The van der Waals surface area contributed by atoms with Gasteiger partial charge in [0.25, 0.3) is 0 Å². The van der Waals surface area contributed by atoms with Crippen LogP contribution in [0.4, 0.5) is 11.4 Å². The lowest BCUT2D eigenvalue weighted by Gasteiger charge is -2.14. The van der Waals surface area contributed by atoms with Crippen molar-refractivity contribution in [1.29, 1.82) is 5.26 Å². The van der Waals surface area contributed by atoms with Gasteiger partial charge in [-0.1, -0.05) is 23.7 Å². The van der Waals surface area contributed by atoms with Crippen molar-refractivity contribution in [2.24, 2.45) is 0 Å². The largest absolute Gasteiger partial charge is 0.495 e. The molecule has 2 N–H and O–H groups in total. The van der Waals surface area contributed by atoms with Gasteiger partial charge in [0, 0.05) is 25.1 Å². The summed E-state index contributed by atoms with van der Waals surface area (Å²) in [6, 6.07) is 12.3. The number of methoxy groups -OCH3 is 2. The Morgan fingerprint density at radius 2 is 1.88 bits per heavy atom. The van der Waals surface area contributed by atoms with Gasteiger partial charge in [0.1, 0.15) is 17.6 Å². The number of hydrogen-bond donors (Lipinski definition) is 2. The topological polar surface area (TPSA) is 83.4 Å². The van der Waals surface area contributed by atoms with Gasteiger partial charge in [-0.15, -0.1) is 0 Å². The number of nitrogens with one attached hydrogen (secondary N) is 2. The molecule has 7 heteroatoms.